The molecule has 1 heterocycles. The van der Waals surface area contributed by atoms with Crippen molar-refractivity contribution in [2.75, 3.05) is 0 Å². The first-order valence-corrected chi connectivity index (χ1v) is 7.48. The quantitative estimate of drug-likeness (QED) is 0.700. The highest BCUT2D eigenvalue weighted by molar-refractivity contribution is 5.80. The van der Waals surface area contributed by atoms with Crippen LogP contribution in [-0.2, 0) is 11.3 Å². The van der Waals surface area contributed by atoms with Crippen molar-refractivity contribution in [3.8, 4) is 11.4 Å². The molecule has 0 unspecified atom stereocenters. The lowest BCUT2D eigenvalue weighted by atomic mass is 10.2. The second kappa shape index (κ2) is 6.43. The molecule has 0 aliphatic carbocycles. The van der Waals surface area contributed by atoms with Crippen molar-refractivity contribution in [3.05, 3.63) is 54.6 Å². The van der Waals surface area contributed by atoms with Gasteiger partial charge in [-0.3, -0.25) is 4.79 Å². The smallest absolute Gasteiger partial charge is 0.303 e. The van der Waals surface area contributed by atoms with Gasteiger partial charge in [-0.1, -0.05) is 42.5 Å². The number of carboxylic acid groups (broad SMARTS) is 1. The number of rotatable bonds is 6. The maximum atomic E-state index is 10.6. The van der Waals surface area contributed by atoms with E-state index in [1.807, 2.05) is 36.4 Å². The summed E-state index contributed by atoms with van der Waals surface area (Å²) in [6.45, 7) is 0.776. The van der Waals surface area contributed by atoms with Crippen LogP contribution in [0.15, 0.2) is 54.6 Å². The standard InChI is InChI=1S/C18H18N2O2/c21-17(22)12-6-7-13-20-16-11-5-4-10-15(16)19-18(20)14-8-2-1-3-9-14/h1-5,8-11H,6-7,12-13H2,(H,21,22). The van der Waals surface area contributed by atoms with E-state index in [1.165, 1.54) is 0 Å². The molecule has 0 aliphatic heterocycles. The third-order valence-corrected chi connectivity index (χ3v) is 3.71. The minimum Gasteiger partial charge on any atom is -0.481 e. The highest BCUT2D eigenvalue weighted by Gasteiger charge is 2.11. The van der Waals surface area contributed by atoms with Gasteiger partial charge in [0.15, 0.2) is 0 Å². The lowest BCUT2D eigenvalue weighted by Crippen LogP contribution is -2.02. The second-order valence-electron chi connectivity index (χ2n) is 5.29. The topological polar surface area (TPSA) is 55.1 Å². The molecule has 0 radical (unpaired) electrons. The van der Waals surface area contributed by atoms with Crippen LogP contribution in [0.2, 0.25) is 0 Å². The van der Waals surface area contributed by atoms with Crippen LogP contribution < -0.4 is 0 Å². The number of aryl methyl sites for hydroxylation is 1. The monoisotopic (exact) mass is 294 g/mol. The predicted octanol–water partition coefficient (Wildman–Crippen LogP) is 3.96. The number of imidazole rings is 1. The summed E-state index contributed by atoms with van der Waals surface area (Å²) in [5.41, 5.74) is 3.15. The van der Waals surface area contributed by atoms with Crippen molar-refractivity contribution in [1.82, 2.24) is 9.55 Å². The fourth-order valence-electron chi connectivity index (χ4n) is 2.66. The highest BCUT2D eigenvalue weighted by Crippen LogP contribution is 2.25. The molecule has 1 aromatic heterocycles. The van der Waals surface area contributed by atoms with Crippen LogP contribution in [0.1, 0.15) is 19.3 Å². The Morgan fingerprint density at radius 1 is 1.00 bits per heavy atom. The number of aromatic nitrogens is 2. The van der Waals surface area contributed by atoms with E-state index in [1.54, 1.807) is 0 Å². The highest BCUT2D eigenvalue weighted by atomic mass is 16.4. The number of unbranched alkanes of at least 4 members (excludes halogenated alkanes) is 1. The summed E-state index contributed by atoms with van der Waals surface area (Å²) in [4.78, 5) is 15.4. The molecule has 2 aromatic carbocycles. The first-order valence-electron chi connectivity index (χ1n) is 7.48. The molecule has 0 fully saturated rings. The number of fused-ring (bicyclic) bond motifs is 1. The Bertz CT molecular complexity index is 778. The van der Waals surface area contributed by atoms with E-state index < -0.39 is 5.97 Å². The van der Waals surface area contributed by atoms with Gasteiger partial charge in [0.25, 0.3) is 0 Å². The molecule has 112 valence electrons. The van der Waals surface area contributed by atoms with Gasteiger partial charge in [-0.25, -0.2) is 4.98 Å². The third-order valence-electron chi connectivity index (χ3n) is 3.71. The number of nitrogens with zero attached hydrogens (tertiary/aromatic N) is 2. The Morgan fingerprint density at radius 2 is 1.73 bits per heavy atom. The summed E-state index contributed by atoms with van der Waals surface area (Å²) >= 11 is 0. The predicted molar refractivity (Wildman–Crippen MR) is 86.7 cm³/mol. The normalized spacial score (nSPS) is 10.9. The van der Waals surface area contributed by atoms with Crippen LogP contribution in [0.5, 0.6) is 0 Å². The lowest BCUT2D eigenvalue weighted by Gasteiger charge is -2.09. The number of aliphatic carboxylic acids is 1. The van der Waals surface area contributed by atoms with Crippen LogP contribution in [0, 0.1) is 0 Å². The van der Waals surface area contributed by atoms with E-state index in [0.29, 0.717) is 6.42 Å². The first kappa shape index (κ1) is 14.3. The average Bonchev–Trinajstić information content (AvgIpc) is 2.91. The number of hydrogen-bond donors (Lipinski definition) is 1. The van der Waals surface area contributed by atoms with Gasteiger partial charge in [-0.05, 0) is 25.0 Å². The summed E-state index contributed by atoms with van der Waals surface area (Å²) in [6.07, 6.45) is 1.72. The van der Waals surface area contributed by atoms with E-state index in [9.17, 15) is 4.79 Å². The Kier molecular flexibility index (Phi) is 4.19. The first-order chi connectivity index (χ1) is 10.8. The summed E-state index contributed by atoms with van der Waals surface area (Å²) in [6, 6.07) is 18.2. The van der Waals surface area contributed by atoms with Gasteiger partial charge in [-0.2, -0.15) is 0 Å². The largest absolute Gasteiger partial charge is 0.481 e. The minimum absolute atomic E-state index is 0.216. The van der Waals surface area contributed by atoms with Gasteiger partial charge in [0.1, 0.15) is 5.82 Å². The van der Waals surface area contributed by atoms with Crippen molar-refractivity contribution in [2.24, 2.45) is 0 Å². The Balaban J connectivity index is 1.93. The van der Waals surface area contributed by atoms with Crippen molar-refractivity contribution in [1.29, 1.82) is 0 Å². The number of hydrogen-bond acceptors (Lipinski definition) is 2. The van der Waals surface area contributed by atoms with E-state index in [4.69, 9.17) is 10.1 Å². The van der Waals surface area contributed by atoms with Gasteiger partial charge < -0.3 is 9.67 Å². The van der Waals surface area contributed by atoms with Crippen molar-refractivity contribution in [3.63, 3.8) is 0 Å². The molecule has 0 saturated carbocycles. The van der Waals surface area contributed by atoms with E-state index >= 15 is 0 Å². The molecule has 0 bridgehead atoms. The number of benzene rings is 2. The molecule has 0 amide bonds. The number of carboxylic acids is 1. The SMILES string of the molecule is O=C(O)CCCCn1c(-c2ccccc2)nc2ccccc21. The van der Waals surface area contributed by atoms with E-state index in [0.717, 1.165) is 35.4 Å². The summed E-state index contributed by atoms with van der Waals surface area (Å²) in [7, 11) is 0. The molecule has 4 nitrogen and oxygen atoms in total. The van der Waals surface area contributed by atoms with Crippen LogP contribution in [0.3, 0.4) is 0 Å². The van der Waals surface area contributed by atoms with Gasteiger partial charge in [-0.15, -0.1) is 0 Å². The van der Waals surface area contributed by atoms with Crippen LogP contribution >= 0.6 is 0 Å². The van der Waals surface area contributed by atoms with Crippen molar-refractivity contribution in [2.45, 2.75) is 25.8 Å². The van der Waals surface area contributed by atoms with E-state index in [-0.39, 0.29) is 6.42 Å². The summed E-state index contributed by atoms with van der Waals surface area (Å²) < 4.78 is 2.19. The maximum Gasteiger partial charge on any atom is 0.303 e. The summed E-state index contributed by atoms with van der Waals surface area (Å²) in [5, 5.41) is 8.76. The summed E-state index contributed by atoms with van der Waals surface area (Å²) in [5.74, 6) is 0.205. The minimum atomic E-state index is -0.737. The van der Waals surface area contributed by atoms with Gasteiger partial charge in [0.05, 0.1) is 11.0 Å². The molecule has 3 rings (SSSR count). The Hall–Kier alpha value is -2.62. The molecule has 0 aliphatic rings. The van der Waals surface area contributed by atoms with Gasteiger partial charge in [0, 0.05) is 18.5 Å². The molecule has 3 aromatic rings. The zero-order chi connectivity index (χ0) is 15.4. The molecule has 1 N–H and O–H groups in total. The second-order valence-corrected chi connectivity index (χ2v) is 5.29. The van der Waals surface area contributed by atoms with Crippen LogP contribution in [0.25, 0.3) is 22.4 Å². The van der Waals surface area contributed by atoms with Crippen LogP contribution in [0.4, 0.5) is 0 Å². The fraction of sp³-hybridized carbons (Fsp3) is 0.222. The Morgan fingerprint density at radius 3 is 2.50 bits per heavy atom. The fourth-order valence-corrected chi connectivity index (χ4v) is 2.66. The molecule has 22 heavy (non-hydrogen) atoms. The Labute approximate surface area is 129 Å². The molecule has 4 heteroatoms. The zero-order valence-corrected chi connectivity index (χ0v) is 12.3. The van der Waals surface area contributed by atoms with Gasteiger partial charge >= 0.3 is 5.97 Å². The lowest BCUT2D eigenvalue weighted by molar-refractivity contribution is -0.137. The van der Waals surface area contributed by atoms with Crippen molar-refractivity contribution < 1.29 is 9.90 Å². The maximum absolute atomic E-state index is 10.6. The average molecular weight is 294 g/mol. The molecular formula is C18H18N2O2. The molecule has 0 saturated heterocycles. The third kappa shape index (κ3) is 3.01. The number of para-hydroxylation sites is 2. The molecule has 0 spiro atoms. The van der Waals surface area contributed by atoms with E-state index in [2.05, 4.69) is 22.8 Å². The number of carbonyl (C=O) groups is 1. The van der Waals surface area contributed by atoms with Gasteiger partial charge in [0.2, 0.25) is 0 Å². The van der Waals surface area contributed by atoms with Crippen molar-refractivity contribution >= 4 is 17.0 Å². The molecule has 0 atom stereocenters. The molecular weight excluding hydrogens is 276 g/mol. The zero-order valence-electron chi connectivity index (χ0n) is 12.3. The van der Waals surface area contributed by atoms with Crippen LogP contribution in [-0.4, -0.2) is 20.6 Å².